The number of Topliss-reactive ketones (excluding diaryl/α,β-unsaturated/α-hetero) is 1. The fourth-order valence-corrected chi connectivity index (χ4v) is 2.74. The van der Waals surface area contributed by atoms with E-state index in [1.807, 2.05) is 30.3 Å². The van der Waals surface area contributed by atoms with E-state index in [0.29, 0.717) is 12.0 Å². The molecule has 1 aliphatic carbocycles. The molecule has 4 heteroatoms. The SMILES string of the molecule is O=C(CO)c1ccnc2c1CC(Cc1ccc(Cl)cc1)=C2. The van der Waals surface area contributed by atoms with Gasteiger partial charge in [-0.25, -0.2) is 0 Å². The number of fused-ring (bicyclic) bond motifs is 1. The number of carbonyl (C=O) groups is 1. The Balaban J connectivity index is 1.83. The van der Waals surface area contributed by atoms with Crippen LogP contribution in [0.2, 0.25) is 5.02 Å². The summed E-state index contributed by atoms with van der Waals surface area (Å²) in [4.78, 5) is 16.1. The number of rotatable bonds is 4. The van der Waals surface area contributed by atoms with Gasteiger partial charge in [-0.15, -0.1) is 0 Å². The number of carbonyl (C=O) groups excluding carboxylic acids is 1. The van der Waals surface area contributed by atoms with Crippen molar-refractivity contribution in [3.8, 4) is 0 Å². The number of nitrogens with zero attached hydrogens (tertiary/aromatic N) is 1. The minimum Gasteiger partial charge on any atom is -0.388 e. The van der Waals surface area contributed by atoms with Gasteiger partial charge in [-0.05, 0) is 48.2 Å². The first-order valence-electron chi connectivity index (χ1n) is 6.73. The molecule has 0 radical (unpaired) electrons. The zero-order valence-corrected chi connectivity index (χ0v) is 12.1. The highest BCUT2D eigenvalue weighted by Gasteiger charge is 2.20. The van der Waals surface area contributed by atoms with Crippen LogP contribution < -0.4 is 0 Å². The van der Waals surface area contributed by atoms with Gasteiger partial charge in [0.1, 0.15) is 6.61 Å². The van der Waals surface area contributed by atoms with Crippen LogP contribution in [-0.2, 0) is 12.8 Å². The lowest BCUT2D eigenvalue weighted by Gasteiger charge is -2.06. The Kier molecular flexibility index (Phi) is 3.86. The summed E-state index contributed by atoms with van der Waals surface area (Å²) in [7, 11) is 0. The first-order chi connectivity index (χ1) is 10.2. The number of pyridine rings is 1. The molecule has 1 N–H and O–H groups in total. The van der Waals surface area contributed by atoms with Gasteiger partial charge in [0.2, 0.25) is 0 Å². The van der Waals surface area contributed by atoms with Crippen LogP contribution in [0.4, 0.5) is 0 Å². The number of benzene rings is 1. The molecule has 1 aliphatic rings. The van der Waals surface area contributed by atoms with E-state index in [2.05, 4.69) is 4.98 Å². The predicted octanol–water partition coefficient (Wildman–Crippen LogP) is 3.09. The molecule has 1 heterocycles. The van der Waals surface area contributed by atoms with Crippen molar-refractivity contribution >= 4 is 23.5 Å². The van der Waals surface area contributed by atoms with Crippen molar-refractivity contribution in [2.45, 2.75) is 12.8 Å². The van der Waals surface area contributed by atoms with Gasteiger partial charge < -0.3 is 5.11 Å². The number of allylic oxidation sites excluding steroid dienone is 1. The van der Waals surface area contributed by atoms with Crippen molar-refractivity contribution in [1.29, 1.82) is 0 Å². The quantitative estimate of drug-likeness (QED) is 0.883. The molecule has 0 saturated heterocycles. The molecular weight excluding hydrogens is 286 g/mol. The molecule has 2 aromatic rings. The summed E-state index contributed by atoms with van der Waals surface area (Å²) in [5.41, 5.74) is 4.70. The molecule has 0 atom stereocenters. The highest BCUT2D eigenvalue weighted by atomic mass is 35.5. The smallest absolute Gasteiger partial charge is 0.188 e. The lowest BCUT2D eigenvalue weighted by molar-refractivity contribution is 0.0903. The fraction of sp³-hybridized carbons (Fsp3) is 0.176. The molecule has 0 aliphatic heterocycles. The van der Waals surface area contributed by atoms with Gasteiger partial charge in [-0.2, -0.15) is 0 Å². The van der Waals surface area contributed by atoms with Crippen molar-refractivity contribution in [2.24, 2.45) is 0 Å². The number of ketones is 1. The molecule has 3 nitrogen and oxygen atoms in total. The summed E-state index contributed by atoms with van der Waals surface area (Å²) < 4.78 is 0. The van der Waals surface area contributed by atoms with E-state index in [1.54, 1.807) is 12.3 Å². The van der Waals surface area contributed by atoms with E-state index in [9.17, 15) is 4.79 Å². The van der Waals surface area contributed by atoms with E-state index < -0.39 is 6.61 Å². The Hall–Kier alpha value is -1.97. The standard InChI is InChI=1S/C17H14ClNO2/c18-13-3-1-11(2-4-13)7-12-8-15-14(17(21)10-20)5-6-19-16(15)9-12/h1-6,9,20H,7-8,10H2. The number of halogens is 1. The van der Waals surface area contributed by atoms with Crippen molar-refractivity contribution in [3.05, 3.63) is 69.5 Å². The van der Waals surface area contributed by atoms with Crippen LogP contribution >= 0.6 is 11.6 Å². The molecule has 0 unspecified atom stereocenters. The molecular formula is C17H14ClNO2. The number of hydrogen-bond donors (Lipinski definition) is 1. The third kappa shape index (κ3) is 2.89. The Morgan fingerprint density at radius 3 is 2.71 bits per heavy atom. The molecule has 21 heavy (non-hydrogen) atoms. The normalized spacial score (nSPS) is 13.0. The summed E-state index contributed by atoms with van der Waals surface area (Å²) in [5.74, 6) is -0.255. The minimum atomic E-state index is -0.469. The van der Waals surface area contributed by atoms with E-state index in [4.69, 9.17) is 16.7 Å². The van der Waals surface area contributed by atoms with Gasteiger partial charge in [0.05, 0.1) is 5.69 Å². The maximum Gasteiger partial charge on any atom is 0.188 e. The van der Waals surface area contributed by atoms with Crippen LogP contribution in [0.25, 0.3) is 6.08 Å². The fourth-order valence-electron chi connectivity index (χ4n) is 2.61. The van der Waals surface area contributed by atoms with E-state index in [1.165, 1.54) is 11.1 Å². The highest BCUT2D eigenvalue weighted by molar-refractivity contribution is 6.30. The number of aromatic nitrogens is 1. The Labute approximate surface area is 127 Å². The third-order valence-electron chi connectivity index (χ3n) is 3.62. The van der Waals surface area contributed by atoms with Crippen LogP contribution in [0.1, 0.15) is 27.2 Å². The second-order valence-electron chi connectivity index (χ2n) is 5.09. The predicted molar refractivity (Wildman–Crippen MR) is 82.5 cm³/mol. The maximum atomic E-state index is 11.8. The summed E-state index contributed by atoms with van der Waals surface area (Å²) in [6, 6.07) is 9.42. The number of aliphatic hydroxyl groups excluding tert-OH is 1. The van der Waals surface area contributed by atoms with Gasteiger partial charge in [0, 0.05) is 16.8 Å². The largest absolute Gasteiger partial charge is 0.388 e. The van der Waals surface area contributed by atoms with E-state index >= 15 is 0 Å². The molecule has 0 spiro atoms. The lowest BCUT2D eigenvalue weighted by atomic mass is 9.99. The van der Waals surface area contributed by atoms with E-state index in [-0.39, 0.29) is 5.78 Å². The number of hydrogen-bond acceptors (Lipinski definition) is 3. The summed E-state index contributed by atoms with van der Waals surface area (Å²) in [6.45, 7) is -0.469. The molecule has 3 rings (SSSR count). The monoisotopic (exact) mass is 299 g/mol. The van der Waals surface area contributed by atoms with Crippen LogP contribution in [0, 0.1) is 0 Å². The molecule has 0 bridgehead atoms. The maximum absolute atomic E-state index is 11.8. The molecule has 0 saturated carbocycles. The first-order valence-corrected chi connectivity index (χ1v) is 7.11. The van der Waals surface area contributed by atoms with Crippen molar-refractivity contribution in [2.75, 3.05) is 6.61 Å². The summed E-state index contributed by atoms with van der Waals surface area (Å²) >= 11 is 5.89. The van der Waals surface area contributed by atoms with Crippen LogP contribution in [-0.4, -0.2) is 22.5 Å². The Morgan fingerprint density at radius 2 is 2.00 bits per heavy atom. The van der Waals surface area contributed by atoms with Gasteiger partial charge >= 0.3 is 0 Å². The average Bonchev–Trinajstić information content (AvgIpc) is 2.91. The van der Waals surface area contributed by atoms with Crippen molar-refractivity contribution < 1.29 is 9.90 Å². The lowest BCUT2D eigenvalue weighted by Crippen LogP contribution is -2.09. The molecule has 0 fully saturated rings. The van der Waals surface area contributed by atoms with Crippen LogP contribution in [0.5, 0.6) is 0 Å². The first kappa shape index (κ1) is 14.0. The summed E-state index contributed by atoms with van der Waals surface area (Å²) in [6.07, 6.45) is 5.15. The zero-order chi connectivity index (χ0) is 14.8. The molecule has 0 amide bonds. The second-order valence-corrected chi connectivity index (χ2v) is 5.52. The van der Waals surface area contributed by atoms with Gasteiger partial charge in [0.25, 0.3) is 0 Å². The molecule has 1 aromatic heterocycles. The number of aliphatic hydroxyl groups is 1. The topological polar surface area (TPSA) is 50.2 Å². The zero-order valence-electron chi connectivity index (χ0n) is 11.3. The van der Waals surface area contributed by atoms with Gasteiger partial charge in [-0.1, -0.05) is 29.3 Å². The van der Waals surface area contributed by atoms with Crippen molar-refractivity contribution in [1.82, 2.24) is 4.98 Å². The third-order valence-corrected chi connectivity index (χ3v) is 3.87. The van der Waals surface area contributed by atoms with E-state index in [0.717, 1.165) is 22.7 Å². The Morgan fingerprint density at radius 1 is 1.24 bits per heavy atom. The minimum absolute atomic E-state index is 0.255. The summed E-state index contributed by atoms with van der Waals surface area (Å²) in [5, 5.41) is 9.77. The Bertz CT molecular complexity index is 720. The van der Waals surface area contributed by atoms with Gasteiger partial charge in [0.15, 0.2) is 5.78 Å². The van der Waals surface area contributed by atoms with Gasteiger partial charge in [-0.3, -0.25) is 9.78 Å². The van der Waals surface area contributed by atoms with Crippen LogP contribution in [0.15, 0.2) is 42.1 Å². The highest BCUT2D eigenvalue weighted by Crippen LogP contribution is 2.28. The molecule has 1 aromatic carbocycles. The van der Waals surface area contributed by atoms with Crippen molar-refractivity contribution in [3.63, 3.8) is 0 Å². The average molecular weight is 300 g/mol. The molecule has 106 valence electrons. The second kappa shape index (κ2) is 5.80. The van der Waals surface area contributed by atoms with Crippen LogP contribution in [0.3, 0.4) is 0 Å².